The molecule has 2 aromatic rings. The Bertz CT molecular complexity index is 587. The summed E-state index contributed by atoms with van der Waals surface area (Å²) in [5.41, 5.74) is 2.72. The summed E-state index contributed by atoms with van der Waals surface area (Å²) in [7, 11) is 0. The fourth-order valence-corrected chi connectivity index (χ4v) is 2.38. The summed E-state index contributed by atoms with van der Waals surface area (Å²) < 4.78 is 0. The molecule has 0 N–H and O–H groups in total. The van der Waals surface area contributed by atoms with Gasteiger partial charge in [0.2, 0.25) is 0 Å². The van der Waals surface area contributed by atoms with Gasteiger partial charge in [0.25, 0.3) is 0 Å². The predicted molar refractivity (Wildman–Crippen MR) is 73.0 cm³/mol. The van der Waals surface area contributed by atoms with Gasteiger partial charge in [-0.25, -0.2) is 0 Å². The van der Waals surface area contributed by atoms with Crippen LogP contribution in [-0.4, -0.2) is 0 Å². The molecule has 0 saturated heterocycles. The highest BCUT2D eigenvalue weighted by Crippen LogP contribution is 2.15. The third-order valence-corrected chi connectivity index (χ3v) is 3.26. The van der Waals surface area contributed by atoms with Crippen molar-refractivity contribution in [3.63, 3.8) is 0 Å². The summed E-state index contributed by atoms with van der Waals surface area (Å²) in [5.74, 6) is 0. The molecular weight excluding hydrogens is 192 g/mol. The third kappa shape index (κ3) is 1.55. The standard InChI is InChI=1S/C16H18/c1-5-13-9-10-14(6-2)16-12(4)8-7-11(3)15(13)16/h5-10H,1-4H3/b13-5-,14-6-. The van der Waals surface area contributed by atoms with E-state index in [1.54, 1.807) is 0 Å². The summed E-state index contributed by atoms with van der Waals surface area (Å²) in [6, 6.07) is 8.85. The first-order valence-electron chi connectivity index (χ1n) is 5.80. The first-order chi connectivity index (χ1) is 7.69. The van der Waals surface area contributed by atoms with Gasteiger partial charge in [-0.2, -0.15) is 0 Å². The molecule has 0 aromatic heterocycles. The summed E-state index contributed by atoms with van der Waals surface area (Å²) in [6.07, 6.45) is 4.38. The number of hydrogen-bond acceptors (Lipinski definition) is 0. The Morgan fingerprint density at radius 3 is 1.38 bits per heavy atom. The van der Waals surface area contributed by atoms with E-state index in [1.807, 2.05) is 0 Å². The highest BCUT2D eigenvalue weighted by molar-refractivity contribution is 5.90. The molecule has 0 nitrogen and oxygen atoms in total. The topological polar surface area (TPSA) is 0 Å². The van der Waals surface area contributed by atoms with Crippen LogP contribution in [0.2, 0.25) is 0 Å². The third-order valence-electron chi connectivity index (χ3n) is 3.26. The molecule has 0 radical (unpaired) electrons. The SMILES string of the molecule is C/C=c1/cc/c(=C/C)c2c(C)ccc(C)c12. The Morgan fingerprint density at radius 1 is 0.688 bits per heavy atom. The van der Waals surface area contributed by atoms with Gasteiger partial charge in [-0.05, 0) is 60.0 Å². The molecule has 0 heterocycles. The van der Waals surface area contributed by atoms with Gasteiger partial charge in [-0.15, -0.1) is 0 Å². The second-order valence-corrected chi connectivity index (χ2v) is 4.27. The Morgan fingerprint density at radius 2 is 1.06 bits per heavy atom. The minimum atomic E-state index is 1.34. The van der Waals surface area contributed by atoms with Gasteiger partial charge in [0, 0.05) is 0 Å². The van der Waals surface area contributed by atoms with Gasteiger partial charge >= 0.3 is 0 Å². The number of benzene rings is 2. The van der Waals surface area contributed by atoms with Crippen molar-refractivity contribution in [3.8, 4) is 0 Å². The van der Waals surface area contributed by atoms with Crippen molar-refractivity contribution < 1.29 is 0 Å². The fourth-order valence-electron chi connectivity index (χ4n) is 2.38. The van der Waals surface area contributed by atoms with Gasteiger partial charge < -0.3 is 0 Å². The minimum Gasteiger partial charge on any atom is -0.0798 e. The van der Waals surface area contributed by atoms with E-state index in [0.717, 1.165) is 0 Å². The zero-order valence-electron chi connectivity index (χ0n) is 10.5. The molecule has 0 amide bonds. The van der Waals surface area contributed by atoms with Crippen LogP contribution in [0.25, 0.3) is 22.9 Å². The van der Waals surface area contributed by atoms with E-state index < -0.39 is 0 Å². The molecular formula is C16H18. The number of hydrogen-bond donors (Lipinski definition) is 0. The highest BCUT2D eigenvalue weighted by Gasteiger charge is 2.02. The highest BCUT2D eigenvalue weighted by atomic mass is 14.1. The molecule has 0 spiro atoms. The lowest BCUT2D eigenvalue weighted by Crippen LogP contribution is -2.13. The predicted octanol–water partition coefficient (Wildman–Crippen LogP) is 3.06. The van der Waals surface area contributed by atoms with Crippen molar-refractivity contribution >= 4 is 22.9 Å². The van der Waals surface area contributed by atoms with Crippen LogP contribution in [0.5, 0.6) is 0 Å². The zero-order valence-corrected chi connectivity index (χ0v) is 10.5. The van der Waals surface area contributed by atoms with E-state index in [-0.39, 0.29) is 0 Å². The van der Waals surface area contributed by atoms with E-state index in [0.29, 0.717) is 0 Å². The van der Waals surface area contributed by atoms with E-state index in [9.17, 15) is 0 Å². The largest absolute Gasteiger partial charge is 0.0798 e. The molecule has 0 atom stereocenters. The Kier molecular flexibility index (Phi) is 2.82. The normalized spacial score (nSPS) is 13.8. The number of fused-ring (bicyclic) bond motifs is 1. The Hall–Kier alpha value is -1.56. The summed E-state index contributed by atoms with van der Waals surface area (Å²) in [6.45, 7) is 8.58. The zero-order chi connectivity index (χ0) is 11.7. The maximum absolute atomic E-state index is 2.21. The van der Waals surface area contributed by atoms with Crippen LogP contribution in [0, 0.1) is 13.8 Å². The van der Waals surface area contributed by atoms with E-state index in [4.69, 9.17) is 0 Å². The second kappa shape index (κ2) is 4.13. The van der Waals surface area contributed by atoms with Gasteiger partial charge in [0.05, 0.1) is 0 Å². The number of rotatable bonds is 0. The van der Waals surface area contributed by atoms with E-state index >= 15 is 0 Å². The fraction of sp³-hybridized carbons (Fsp3) is 0.250. The average molecular weight is 210 g/mol. The molecule has 0 aliphatic heterocycles. The molecule has 2 rings (SSSR count). The molecule has 0 aliphatic rings. The van der Waals surface area contributed by atoms with Crippen LogP contribution in [0.1, 0.15) is 25.0 Å². The molecule has 0 unspecified atom stereocenters. The Labute approximate surface area is 96.9 Å². The van der Waals surface area contributed by atoms with Crippen LogP contribution in [-0.2, 0) is 0 Å². The number of aryl methyl sites for hydroxylation is 2. The molecule has 0 bridgehead atoms. The van der Waals surface area contributed by atoms with Crippen molar-refractivity contribution in [3.05, 3.63) is 45.8 Å². The lowest BCUT2D eigenvalue weighted by atomic mass is 9.97. The van der Waals surface area contributed by atoms with Crippen LogP contribution < -0.4 is 10.4 Å². The smallest absolute Gasteiger partial charge is 0.00769 e. The van der Waals surface area contributed by atoms with E-state index in [1.165, 1.54) is 32.3 Å². The van der Waals surface area contributed by atoms with Crippen LogP contribution in [0.15, 0.2) is 24.3 Å². The molecule has 0 aliphatic carbocycles. The summed E-state index contributed by atoms with van der Waals surface area (Å²) >= 11 is 0. The monoisotopic (exact) mass is 210 g/mol. The van der Waals surface area contributed by atoms with Crippen molar-refractivity contribution in [1.29, 1.82) is 0 Å². The van der Waals surface area contributed by atoms with Gasteiger partial charge in [-0.1, -0.05) is 36.4 Å². The minimum absolute atomic E-state index is 1.34. The quantitative estimate of drug-likeness (QED) is 0.627. The van der Waals surface area contributed by atoms with Crippen molar-refractivity contribution in [2.45, 2.75) is 27.7 Å². The van der Waals surface area contributed by atoms with Crippen molar-refractivity contribution in [2.24, 2.45) is 0 Å². The maximum atomic E-state index is 2.21. The maximum Gasteiger partial charge on any atom is -0.00769 e. The molecule has 82 valence electrons. The van der Waals surface area contributed by atoms with Crippen LogP contribution in [0.3, 0.4) is 0 Å². The van der Waals surface area contributed by atoms with Crippen LogP contribution >= 0.6 is 0 Å². The van der Waals surface area contributed by atoms with Crippen LogP contribution in [0.4, 0.5) is 0 Å². The first-order valence-corrected chi connectivity index (χ1v) is 5.80. The molecule has 2 aromatic carbocycles. The molecule has 0 heteroatoms. The second-order valence-electron chi connectivity index (χ2n) is 4.27. The average Bonchev–Trinajstić information content (AvgIpc) is 2.32. The lowest BCUT2D eigenvalue weighted by molar-refractivity contribution is 1.43. The van der Waals surface area contributed by atoms with Gasteiger partial charge in [0.1, 0.15) is 0 Å². The molecule has 0 saturated carbocycles. The summed E-state index contributed by atoms with van der Waals surface area (Å²) in [5, 5.41) is 5.47. The first kappa shape index (κ1) is 10.9. The summed E-state index contributed by atoms with van der Waals surface area (Å²) in [4.78, 5) is 0. The lowest BCUT2D eigenvalue weighted by Gasteiger charge is -2.07. The van der Waals surface area contributed by atoms with E-state index in [2.05, 4.69) is 64.1 Å². The van der Waals surface area contributed by atoms with Gasteiger partial charge in [-0.3, -0.25) is 0 Å². The van der Waals surface area contributed by atoms with Gasteiger partial charge in [0.15, 0.2) is 0 Å². The van der Waals surface area contributed by atoms with Crippen molar-refractivity contribution in [1.82, 2.24) is 0 Å². The Balaban J connectivity index is 3.21. The van der Waals surface area contributed by atoms with Crippen molar-refractivity contribution in [2.75, 3.05) is 0 Å². The molecule has 0 fully saturated rings. The molecule has 16 heavy (non-hydrogen) atoms.